The van der Waals surface area contributed by atoms with Crippen LogP contribution in [0.3, 0.4) is 0 Å². The minimum Gasteiger partial charge on any atom is -0.356 e. The van der Waals surface area contributed by atoms with E-state index in [9.17, 15) is 9.59 Å². The number of benzene rings is 1. The Balaban J connectivity index is 1.47. The summed E-state index contributed by atoms with van der Waals surface area (Å²) >= 11 is 0. The fourth-order valence-corrected chi connectivity index (χ4v) is 3.94. The van der Waals surface area contributed by atoms with Crippen molar-refractivity contribution in [1.29, 1.82) is 0 Å². The predicted molar refractivity (Wildman–Crippen MR) is 119 cm³/mol. The molecule has 0 spiro atoms. The summed E-state index contributed by atoms with van der Waals surface area (Å²) in [6, 6.07) is 9.20. The molecule has 9 heteroatoms. The van der Waals surface area contributed by atoms with Crippen LogP contribution in [0.5, 0.6) is 0 Å². The number of nitrogens with zero attached hydrogens (tertiary/aromatic N) is 5. The molecule has 1 aliphatic heterocycles. The Kier molecular flexibility index (Phi) is 6.11. The van der Waals surface area contributed by atoms with E-state index in [1.807, 2.05) is 0 Å². The molecule has 1 aromatic carbocycles. The van der Waals surface area contributed by atoms with Gasteiger partial charge in [-0.2, -0.15) is 14.6 Å². The van der Waals surface area contributed by atoms with Gasteiger partial charge in [0.05, 0.1) is 5.92 Å². The quantitative estimate of drug-likeness (QED) is 0.634. The van der Waals surface area contributed by atoms with E-state index in [4.69, 9.17) is 0 Å². The summed E-state index contributed by atoms with van der Waals surface area (Å²) in [5, 5.41) is 10.1. The first-order chi connectivity index (χ1) is 15.0. The molecule has 3 aromatic rings. The molecule has 1 fully saturated rings. The van der Waals surface area contributed by atoms with Gasteiger partial charge in [-0.25, -0.2) is 4.98 Å². The lowest BCUT2D eigenvalue weighted by molar-refractivity contribution is -0.120. The largest absolute Gasteiger partial charge is 0.356 e. The number of aryl methyl sites for hydroxylation is 1. The first-order valence-electron chi connectivity index (χ1n) is 10.7. The third-order valence-corrected chi connectivity index (χ3v) is 5.38. The number of hydrogen-bond donors (Lipinski definition) is 2. The van der Waals surface area contributed by atoms with Crippen molar-refractivity contribution in [2.45, 2.75) is 39.5 Å². The van der Waals surface area contributed by atoms with E-state index in [1.165, 1.54) is 13.3 Å². The maximum Gasteiger partial charge on any atom is 0.254 e. The molecule has 3 heterocycles. The molecule has 0 aliphatic carbocycles. The highest BCUT2D eigenvalue weighted by Crippen LogP contribution is 2.25. The Labute approximate surface area is 180 Å². The molecule has 1 atom stereocenters. The van der Waals surface area contributed by atoms with Gasteiger partial charge < -0.3 is 15.5 Å². The van der Waals surface area contributed by atoms with Crippen LogP contribution >= 0.6 is 0 Å². The lowest BCUT2D eigenvalue weighted by Gasteiger charge is -2.33. The molecule has 9 nitrogen and oxygen atoms in total. The highest BCUT2D eigenvalue weighted by molar-refractivity contribution is 5.94. The number of carbonyl (C=O) groups is 2. The molecule has 1 saturated heterocycles. The SMILES string of the molecule is CCCc1cc(N2CCCC(C(=O)Nc3ccc(NC(C)=O)cc3)C2)n2ncnc2n1. The van der Waals surface area contributed by atoms with Crippen LogP contribution in [0, 0.1) is 5.92 Å². The smallest absolute Gasteiger partial charge is 0.254 e. The monoisotopic (exact) mass is 421 g/mol. The summed E-state index contributed by atoms with van der Waals surface area (Å²) in [4.78, 5) is 35.1. The summed E-state index contributed by atoms with van der Waals surface area (Å²) in [5.41, 5.74) is 2.40. The molecule has 162 valence electrons. The van der Waals surface area contributed by atoms with Gasteiger partial charge in [-0.1, -0.05) is 13.3 Å². The highest BCUT2D eigenvalue weighted by Gasteiger charge is 2.28. The number of amides is 2. The number of nitrogens with one attached hydrogen (secondary N) is 2. The zero-order chi connectivity index (χ0) is 21.8. The minimum absolute atomic E-state index is 0.00495. The summed E-state index contributed by atoms with van der Waals surface area (Å²) in [7, 11) is 0. The molecule has 31 heavy (non-hydrogen) atoms. The zero-order valence-electron chi connectivity index (χ0n) is 17.8. The third kappa shape index (κ3) is 4.82. The van der Waals surface area contributed by atoms with Crippen LogP contribution in [0.4, 0.5) is 17.2 Å². The van der Waals surface area contributed by atoms with E-state index >= 15 is 0 Å². The van der Waals surface area contributed by atoms with E-state index in [-0.39, 0.29) is 17.7 Å². The van der Waals surface area contributed by atoms with Crippen molar-refractivity contribution < 1.29 is 9.59 Å². The van der Waals surface area contributed by atoms with E-state index in [0.717, 1.165) is 43.7 Å². The van der Waals surface area contributed by atoms with Crippen LogP contribution in [0.2, 0.25) is 0 Å². The Hall–Kier alpha value is -3.49. The number of hydrogen-bond acceptors (Lipinski definition) is 6. The van der Waals surface area contributed by atoms with E-state index in [0.29, 0.717) is 23.7 Å². The average molecular weight is 422 g/mol. The maximum atomic E-state index is 12.9. The maximum absolute atomic E-state index is 12.9. The van der Waals surface area contributed by atoms with Crippen LogP contribution in [-0.4, -0.2) is 44.5 Å². The van der Waals surface area contributed by atoms with Crippen LogP contribution in [-0.2, 0) is 16.0 Å². The van der Waals surface area contributed by atoms with E-state index < -0.39 is 0 Å². The first-order valence-corrected chi connectivity index (χ1v) is 10.7. The van der Waals surface area contributed by atoms with Crippen molar-refractivity contribution in [3.63, 3.8) is 0 Å². The Morgan fingerprint density at radius 3 is 2.61 bits per heavy atom. The van der Waals surface area contributed by atoms with Crippen molar-refractivity contribution in [3.05, 3.63) is 42.4 Å². The fraction of sp³-hybridized carbons (Fsp3) is 0.409. The second-order valence-corrected chi connectivity index (χ2v) is 7.86. The molecule has 1 unspecified atom stereocenters. The van der Waals surface area contributed by atoms with Gasteiger partial charge in [0.1, 0.15) is 12.1 Å². The Morgan fingerprint density at radius 2 is 1.90 bits per heavy atom. The van der Waals surface area contributed by atoms with Crippen molar-refractivity contribution in [1.82, 2.24) is 19.6 Å². The van der Waals surface area contributed by atoms with E-state index in [2.05, 4.69) is 43.6 Å². The number of piperidine rings is 1. The predicted octanol–water partition coefficient (Wildman–Crippen LogP) is 2.89. The van der Waals surface area contributed by atoms with Crippen LogP contribution in [0.1, 0.15) is 38.8 Å². The molecule has 2 N–H and O–H groups in total. The number of carbonyl (C=O) groups excluding carboxylic acids is 2. The van der Waals surface area contributed by atoms with Crippen molar-refractivity contribution in [3.8, 4) is 0 Å². The summed E-state index contributed by atoms with van der Waals surface area (Å²) < 4.78 is 1.75. The van der Waals surface area contributed by atoms with Gasteiger partial charge in [0.25, 0.3) is 5.78 Å². The molecule has 2 aromatic heterocycles. The highest BCUT2D eigenvalue weighted by atomic mass is 16.2. The second kappa shape index (κ2) is 9.11. The number of aromatic nitrogens is 4. The lowest BCUT2D eigenvalue weighted by Crippen LogP contribution is -2.41. The third-order valence-electron chi connectivity index (χ3n) is 5.38. The van der Waals surface area contributed by atoms with Gasteiger partial charge >= 0.3 is 0 Å². The normalized spacial score (nSPS) is 16.3. The fourth-order valence-electron chi connectivity index (χ4n) is 3.94. The van der Waals surface area contributed by atoms with Gasteiger partial charge in [0.2, 0.25) is 11.8 Å². The Bertz CT molecular complexity index is 1080. The van der Waals surface area contributed by atoms with Crippen molar-refractivity contribution >= 4 is 34.8 Å². The zero-order valence-corrected chi connectivity index (χ0v) is 17.8. The topological polar surface area (TPSA) is 105 Å². The first kappa shape index (κ1) is 20.8. The number of fused-ring (bicyclic) bond motifs is 1. The second-order valence-electron chi connectivity index (χ2n) is 7.86. The van der Waals surface area contributed by atoms with Crippen molar-refractivity contribution in [2.75, 3.05) is 28.6 Å². The Morgan fingerprint density at radius 1 is 1.16 bits per heavy atom. The summed E-state index contributed by atoms with van der Waals surface area (Å²) in [6.45, 7) is 5.06. The van der Waals surface area contributed by atoms with Gasteiger partial charge in [-0.3, -0.25) is 9.59 Å². The van der Waals surface area contributed by atoms with Gasteiger partial charge in [-0.05, 0) is 43.5 Å². The lowest BCUT2D eigenvalue weighted by atomic mass is 9.97. The van der Waals surface area contributed by atoms with Gasteiger partial charge in [0.15, 0.2) is 0 Å². The molecule has 2 amide bonds. The molecule has 4 rings (SSSR count). The van der Waals surface area contributed by atoms with E-state index in [1.54, 1.807) is 28.8 Å². The van der Waals surface area contributed by atoms with Crippen LogP contribution in [0.15, 0.2) is 36.7 Å². The summed E-state index contributed by atoms with van der Waals surface area (Å²) in [6.07, 6.45) is 5.15. The molecule has 0 bridgehead atoms. The number of rotatable bonds is 6. The summed E-state index contributed by atoms with van der Waals surface area (Å²) in [5.74, 6) is 1.26. The van der Waals surface area contributed by atoms with Crippen molar-refractivity contribution in [2.24, 2.45) is 5.92 Å². The molecule has 0 saturated carbocycles. The molecular weight excluding hydrogens is 394 g/mol. The standard InChI is InChI=1S/C22H27N7O2/c1-3-5-19-12-20(29-22(27-19)23-14-24-29)28-11-4-6-16(13-28)21(31)26-18-9-7-17(8-10-18)25-15(2)30/h7-10,12,14,16H,3-6,11,13H2,1-2H3,(H,25,30)(H,26,31). The van der Waals surface area contributed by atoms with Crippen LogP contribution < -0.4 is 15.5 Å². The average Bonchev–Trinajstić information content (AvgIpc) is 3.23. The number of anilines is 3. The molecule has 1 aliphatic rings. The van der Waals surface area contributed by atoms with Gasteiger partial charge in [0, 0.05) is 43.1 Å². The molecule has 0 radical (unpaired) electrons. The van der Waals surface area contributed by atoms with Gasteiger partial charge in [-0.15, -0.1) is 0 Å². The minimum atomic E-state index is -0.134. The molecular formula is C22H27N7O2. The van der Waals surface area contributed by atoms with Crippen LogP contribution in [0.25, 0.3) is 5.78 Å².